The molecular formula is C21H42NO2+. The summed E-state index contributed by atoms with van der Waals surface area (Å²) < 4.78 is 6.40. The van der Waals surface area contributed by atoms with Gasteiger partial charge in [0.05, 0.1) is 32.8 Å². The summed E-state index contributed by atoms with van der Waals surface area (Å²) in [7, 11) is 0. The Balaban J connectivity index is 4.59. The minimum Gasteiger partial charge on any atom is -0.463 e. The minimum atomic E-state index is -0.322. The van der Waals surface area contributed by atoms with E-state index in [0.29, 0.717) is 12.0 Å². The molecule has 0 aliphatic heterocycles. The molecule has 0 radical (unpaired) electrons. The van der Waals surface area contributed by atoms with Crippen LogP contribution in [0.1, 0.15) is 74.1 Å². The number of nitrogens with zero attached hydrogens (tertiary/aromatic N) is 1. The normalized spacial score (nSPS) is 13.0. The summed E-state index contributed by atoms with van der Waals surface area (Å²) in [5, 5.41) is 0. The van der Waals surface area contributed by atoms with Crippen LogP contribution >= 0.6 is 0 Å². The van der Waals surface area contributed by atoms with Crippen LogP contribution in [0.25, 0.3) is 0 Å². The third-order valence-electron chi connectivity index (χ3n) is 5.45. The van der Waals surface area contributed by atoms with Crippen molar-refractivity contribution in [2.75, 3.05) is 32.8 Å². The maximum atomic E-state index is 11.2. The van der Waals surface area contributed by atoms with Crippen molar-refractivity contribution in [2.45, 2.75) is 74.1 Å². The number of hydrogen-bond donors (Lipinski definition) is 0. The SMILES string of the molecule is C=CC(=O)OCCC(C)(C)CC(C)(C)CC[N+](CC)(CC)CCC. The molecule has 0 unspecified atom stereocenters. The lowest BCUT2D eigenvalue weighted by Gasteiger charge is -2.41. The predicted octanol–water partition coefficient (Wildman–Crippen LogP) is 5.20. The summed E-state index contributed by atoms with van der Waals surface area (Å²) in [6, 6.07) is 0. The summed E-state index contributed by atoms with van der Waals surface area (Å²) in [5.74, 6) is -0.322. The molecule has 0 aliphatic carbocycles. The van der Waals surface area contributed by atoms with Crippen molar-refractivity contribution in [2.24, 2.45) is 10.8 Å². The van der Waals surface area contributed by atoms with Crippen LogP contribution < -0.4 is 0 Å². The molecule has 0 aromatic rings. The maximum absolute atomic E-state index is 11.2. The number of rotatable bonds is 13. The van der Waals surface area contributed by atoms with Gasteiger partial charge in [-0.25, -0.2) is 4.79 Å². The van der Waals surface area contributed by atoms with E-state index in [4.69, 9.17) is 4.74 Å². The second kappa shape index (κ2) is 10.2. The van der Waals surface area contributed by atoms with Gasteiger partial charge >= 0.3 is 5.97 Å². The standard InChI is InChI=1S/C21H42NO2/c1-9-15-22(11-3,12-4)16-13-20(5,6)18-21(7,8)14-17-24-19(23)10-2/h10H,2,9,11-18H2,1,3-8H3/q+1. The molecule has 0 bridgehead atoms. The van der Waals surface area contributed by atoms with Crippen molar-refractivity contribution in [3.05, 3.63) is 12.7 Å². The van der Waals surface area contributed by atoms with E-state index in [-0.39, 0.29) is 11.4 Å². The van der Waals surface area contributed by atoms with Crippen LogP contribution in [0, 0.1) is 10.8 Å². The molecule has 0 rings (SSSR count). The summed E-state index contributed by atoms with van der Waals surface area (Å²) >= 11 is 0. The molecule has 0 amide bonds. The van der Waals surface area contributed by atoms with Crippen molar-refractivity contribution in [1.29, 1.82) is 0 Å². The van der Waals surface area contributed by atoms with Crippen LogP contribution in [0.15, 0.2) is 12.7 Å². The van der Waals surface area contributed by atoms with Crippen molar-refractivity contribution in [1.82, 2.24) is 0 Å². The number of esters is 1. The smallest absolute Gasteiger partial charge is 0.330 e. The first kappa shape index (κ1) is 23.2. The summed E-state index contributed by atoms with van der Waals surface area (Å²) in [4.78, 5) is 11.2. The van der Waals surface area contributed by atoms with Gasteiger partial charge in [0.1, 0.15) is 0 Å². The van der Waals surface area contributed by atoms with E-state index < -0.39 is 0 Å². The molecule has 0 saturated carbocycles. The number of carbonyl (C=O) groups excluding carboxylic acids is 1. The van der Waals surface area contributed by atoms with Gasteiger partial charge in [-0.1, -0.05) is 41.2 Å². The Kier molecular flexibility index (Phi) is 9.87. The summed E-state index contributed by atoms with van der Waals surface area (Å²) in [6.07, 6.45) is 5.77. The van der Waals surface area contributed by atoms with Gasteiger partial charge in [-0.3, -0.25) is 0 Å². The lowest BCUT2D eigenvalue weighted by atomic mass is 9.72. The molecule has 0 N–H and O–H groups in total. The highest BCUT2D eigenvalue weighted by Gasteiger charge is 2.32. The van der Waals surface area contributed by atoms with Gasteiger partial charge in [0, 0.05) is 12.5 Å². The van der Waals surface area contributed by atoms with Crippen LogP contribution in [-0.2, 0) is 9.53 Å². The van der Waals surface area contributed by atoms with E-state index in [9.17, 15) is 4.79 Å². The van der Waals surface area contributed by atoms with E-state index in [2.05, 4.69) is 55.0 Å². The van der Waals surface area contributed by atoms with Crippen molar-refractivity contribution < 1.29 is 14.0 Å². The average molecular weight is 341 g/mol. The number of carbonyl (C=O) groups is 1. The van der Waals surface area contributed by atoms with Gasteiger partial charge in [0.25, 0.3) is 0 Å². The van der Waals surface area contributed by atoms with E-state index in [0.717, 1.165) is 12.8 Å². The van der Waals surface area contributed by atoms with E-state index in [1.54, 1.807) is 0 Å². The van der Waals surface area contributed by atoms with Crippen LogP contribution in [0.4, 0.5) is 0 Å². The molecular weight excluding hydrogens is 298 g/mol. The molecule has 3 heteroatoms. The highest BCUT2D eigenvalue weighted by Crippen LogP contribution is 2.39. The molecule has 0 aliphatic rings. The molecule has 0 atom stereocenters. The monoisotopic (exact) mass is 340 g/mol. The Labute approximate surface area is 151 Å². The highest BCUT2D eigenvalue weighted by atomic mass is 16.5. The average Bonchev–Trinajstić information content (AvgIpc) is 2.50. The van der Waals surface area contributed by atoms with Gasteiger partial charge in [-0.15, -0.1) is 0 Å². The van der Waals surface area contributed by atoms with Gasteiger partial charge in [0.2, 0.25) is 0 Å². The number of ether oxygens (including phenoxy) is 1. The molecule has 142 valence electrons. The predicted molar refractivity (Wildman–Crippen MR) is 104 cm³/mol. The molecule has 0 aromatic heterocycles. The quantitative estimate of drug-likeness (QED) is 0.261. The number of hydrogen-bond acceptors (Lipinski definition) is 2. The summed E-state index contributed by atoms with van der Waals surface area (Å²) in [5.41, 5.74) is 0.470. The second-order valence-electron chi connectivity index (χ2n) is 8.80. The molecule has 24 heavy (non-hydrogen) atoms. The van der Waals surface area contributed by atoms with E-state index in [1.807, 2.05) is 0 Å². The molecule has 3 nitrogen and oxygen atoms in total. The van der Waals surface area contributed by atoms with Crippen molar-refractivity contribution in [3.63, 3.8) is 0 Å². The maximum Gasteiger partial charge on any atom is 0.330 e. The minimum absolute atomic E-state index is 0.170. The largest absolute Gasteiger partial charge is 0.463 e. The van der Waals surface area contributed by atoms with Gasteiger partial charge < -0.3 is 9.22 Å². The van der Waals surface area contributed by atoms with Crippen molar-refractivity contribution >= 4 is 5.97 Å². The van der Waals surface area contributed by atoms with E-state index >= 15 is 0 Å². The zero-order chi connectivity index (χ0) is 18.9. The Morgan fingerprint density at radius 1 is 1.00 bits per heavy atom. The van der Waals surface area contributed by atoms with Crippen LogP contribution in [0.2, 0.25) is 0 Å². The Bertz CT molecular complexity index is 381. The molecule has 0 heterocycles. The molecule has 0 saturated heterocycles. The molecule has 0 aromatic carbocycles. The first-order valence-corrected chi connectivity index (χ1v) is 9.69. The van der Waals surface area contributed by atoms with Crippen LogP contribution in [0.5, 0.6) is 0 Å². The second-order valence-corrected chi connectivity index (χ2v) is 8.80. The fourth-order valence-corrected chi connectivity index (χ4v) is 3.94. The third kappa shape index (κ3) is 8.86. The summed E-state index contributed by atoms with van der Waals surface area (Å²) in [6.45, 7) is 25.2. The fraction of sp³-hybridized carbons (Fsp3) is 0.857. The number of quaternary nitrogens is 1. The lowest BCUT2D eigenvalue weighted by Crippen LogP contribution is -2.50. The lowest BCUT2D eigenvalue weighted by molar-refractivity contribution is -0.925. The molecule has 0 spiro atoms. The Morgan fingerprint density at radius 2 is 1.54 bits per heavy atom. The van der Waals surface area contributed by atoms with E-state index in [1.165, 1.54) is 49.6 Å². The van der Waals surface area contributed by atoms with Gasteiger partial charge in [-0.05, 0) is 43.9 Å². The van der Waals surface area contributed by atoms with Crippen molar-refractivity contribution in [3.8, 4) is 0 Å². The van der Waals surface area contributed by atoms with Crippen LogP contribution in [0.3, 0.4) is 0 Å². The first-order valence-electron chi connectivity index (χ1n) is 9.69. The van der Waals surface area contributed by atoms with Gasteiger partial charge in [0.15, 0.2) is 0 Å². The Hall–Kier alpha value is -0.830. The molecule has 0 fully saturated rings. The third-order valence-corrected chi connectivity index (χ3v) is 5.45. The zero-order valence-corrected chi connectivity index (χ0v) is 17.4. The Morgan fingerprint density at radius 3 is 2.00 bits per heavy atom. The van der Waals surface area contributed by atoms with Crippen LogP contribution in [-0.4, -0.2) is 43.2 Å². The first-order chi connectivity index (χ1) is 11.1. The highest BCUT2D eigenvalue weighted by molar-refractivity contribution is 5.81. The van der Waals surface area contributed by atoms with Gasteiger partial charge in [-0.2, -0.15) is 0 Å². The zero-order valence-electron chi connectivity index (χ0n) is 17.4. The fourth-order valence-electron chi connectivity index (χ4n) is 3.94. The topological polar surface area (TPSA) is 26.3 Å².